The lowest BCUT2D eigenvalue weighted by Crippen LogP contribution is -2.13. The highest BCUT2D eigenvalue weighted by Crippen LogP contribution is 2.06. The van der Waals surface area contributed by atoms with Crippen LogP contribution in [0, 0.1) is 5.92 Å². The molecule has 0 fully saturated rings. The van der Waals surface area contributed by atoms with Crippen molar-refractivity contribution in [3.05, 3.63) is 36.3 Å². The molecule has 0 saturated heterocycles. The number of hydrogen-bond acceptors (Lipinski definition) is 5. The van der Waals surface area contributed by atoms with Gasteiger partial charge in [0, 0.05) is 6.54 Å². The summed E-state index contributed by atoms with van der Waals surface area (Å²) in [4.78, 5) is 15.6. The number of esters is 1. The molecule has 0 spiro atoms. The maximum atomic E-state index is 11.6. The molecular formula is C12H15N3O3. The molecule has 6 nitrogen and oxygen atoms in total. The average molecular weight is 249 g/mol. The van der Waals surface area contributed by atoms with Crippen LogP contribution in [-0.2, 0) is 17.9 Å². The van der Waals surface area contributed by atoms with Crippen LogP contribution < -0.4 is 0 Å². The minimum Gasteiger partial charge on any atom is -0.457 e. The number of hydrogen-bond donors (Lipinski definition) is 0. The number of furan rings is 1. The molecule has 0 unspecified atom stereocenters. The molecular weight excluding hydrogens is 234 g/mol. The molecule has 0 aliphatic rings. The van der Waals surface area contributed by atoms with Crippen molar-refractivity contribution in [3.8, 4) is 0 Å². The van der Waals surface area contributed by atoms with Crippen molar-refractivity contribution in [2.45, 2.75) is 27.0 Å². The van der Waals surface area contributed by atoms with Crippen LogP contribution in [0.3, 0.4) is 0 Å². The third kappa shape index (κ3) is 2.97. The van der Waals surface area contributed by atoms with Crippen LogP contribution in [0.4, 0.5) is 0 Å². The standard InChI is InChI=1S/C12H15N3O3/c1-9(2)6-15-11(13-8-14-15)7-18-12(16)10-4-3-5-17-10/h3-5,8-9H,6-7H2,1-2H3. The minimum absolute atomic E-state index is 0.0895. The van der Waals surface area contributed by atoms with Gasteiger partial charge < -0.3 is 9.15 Å². The minimum atomic E-state index is -0.501. The molecule has 0 radical (unpaired) electrons. The molecule has 18 heavy (non-hydrogen) atoms. The number of aromatic nitrogens is 3. The molecule has 6 heteroatoms. The van der Waals surface area contributed by atoms with Gasteiger partial charge in [-0.3, -0.25) is 0 Å². The van der Waals surface area contributed by atoms with Gasteiger partial charge in [-0.05, 0) is 18.1 Å². The quantitative estimate of drug-likeness (QED) is 0.757. The van der Waals surface area contributed by atoms with Crippen LogP contribution in [0.2, 0.25) is 0 Å². The van der Waals surface area contributed by atoms with Crippen LogP contribution in [0.1, 0.15) is 30.2 Å². The van der Waals surface area contributed by atoms with Gasteiger partial charge in [0.2, 0.25) is 5.76 Å². The van der Waals surface area contributed by atoms with Gasteiger partial charge in [0.05, 0.1) is 6.26 Å². The molecule has 0 amide bonds. The molecule has 0 atom stereocenters. The largest absolute Gasteiger partial charge is 0.457 e. The fourth-order valence-corrected chi connectivity index (χ4v) is 1.49. The summed E-state index contributed by atoms with van der Waals surface area (Å²) in [5.74, 6) is 0.763. The van der Waals surface area contributed by atoms with Gasteiger partial charge in [-0.15, -0.1) is 0 Å². The highest BCUT2D eigenvalue weighted by molar-refractivity contribution is 5.86. The van der Waals surface area contributed by atoms with E-state index in [-0.39, 0.29) is 12.4 Å². The second-order valence-electron chi connectivity index (χ2n) is 4.31. The van der Waals surface area contributed by atoms with Crippen molar-refractivity contribution >= 4 is 5.97 Å². The summed E-state index contributed by atoms with van der Waals surface area (Å²) in [5, 5.41) is 4.09. The number of nitrogens with zero attached hydrogens (tertiary/aromatic N) is 3. The first kappa shape index (κ1) is 12.3. The Kier molecular flexibility index (Phi) is 3.76. The first-order valence-corrected chi connectivity index (χ1v) is 5.74. The predicted molar refractivity (Wildman–Crippen MR) is 62.7 cm³/mol. The third-order valence-electron chi connectivity index (χ3n) is 2.29. The van der Waals surface area contributed by atoms with Crippen molar-refractivity contribution in [2.24, 2.45) is 5.92 Å². The Balaban J connectivity index is 1.94. The van der Waals surface area contributed by atoms with Crippen LogP contribution in [0.15, 0.2) is 29.1 Å². The Hall–Kier alpha value is -2.11. The summed E-state index contributed by atoms with van der Waals surface area (Å²) in [6.45, 7) is 5.00. The zero-order valence-electron chi connectivity index (χ0n) is 10.4. The molecule has 2 rings (SSSR count). The number of carbonyl (C=O) groups excluding carboxylic acids is 1. The molecule has 0 aromatic carbocycles. The SMILES string of the molecule is CC(C)Cn1ncnc1COC(=O)c1ccco1. The Labute approximate surface area is 105 Å². The second-order valence-corrected chi connectivity index (χ2v) is 4.31. The van der Waals surface area contributed by atoms with Gasteiger partial charge in [0.25, 0.3) is 0 Å². The third-order valence-corrected chi connectivity index (χ3v) is 2.29. The maximum Gasteiger partial charge on any atom is 0.374 e. The number of carbonyl (C=O) groups is 1. The summed E-state index contributed by atoms with van der Waals surface area (Å²) < 4.78 is 11.8. The molecule has 2 heterocycles. The van der Waals surface area contributed by atoms with E-state index < -0.39 is 5.97 Å². The normalized spacial score (nSPS) is 10.8. The van der Waals surface area contributed by atoms with E-state index in [0.29, 0.717) is 11.7 Å². The average Bonchev–Trinajstić information content (AvgIpc) is 2.95. The first-order valence-electron chi connectivity index (χ1n) is 5.74. The monoisotopic (exact) mass is 249 g/mol. The molecule has 2 aromatic heterocycles. The van der Waals surface area contributed by atoms with Gasteiger partial charge in [-0.25, -0.2) is 14.5 Å². The summed E-state index contributed by atoms with van der Waals surface area (Å²) in [5.41, 5.74) is 0. The van der Waals surface area contributed by atoms with E-state index in [1.54, 1.807) is 16.8 Å². The summed E-state index contributed by atoms with van der Waals surface area (Å²) in [6.07, 6.45) is 2.89. The molecule has 0 aliphatic heterocycles. The van der Waals surface area contributed by atoms with Gasteiger partial charge in [-0.2, -0.15) is 5.10 Å². The smallest absolute Gasteiger partial charge is 0.374 e. The fourth-order valence-electron chi connectivity index (χ4n) is 1.49. The van der Waals surface area contributed by atoms with E-state index in [2.05, 4.69) is 23.9 Å². The second kappa shape index (κ2) is 5.48. The van der Waals surface area contributed by atoms with Crippen molar-refractivity contribution < 1.29 is 13.9 Å². The van der Waals surface area contributed by atoms with E-state index >= 15 is 0 Å². The molecule has 2 aromatic rings. The zero-order valence-corrected chi connectivity index (χ0v) is 10.4. The summed E-state index contributed by atoms with van der Waals surface area (Å²) >= 11 is 0. The maximum absolute atomic E-state index is 11.6. The fraction of sp³-hybridized carbons (Fsp3) is 0.417. The van der Waals surface area contributed by atoms with Gasteiger partial charge in [-0.1, -0.05) is 13.8 Å². The Morgan fingerprint density at radius 3 is 3.06 bits per heavy atom. The van der Waals surface area contributed by atoms with E-state index in [1.165, 1.54) is 12.6 Å². The van der Waals surface area contributed by atoms with Crippen LogP contribution in [0.25, 0.3) is 0 Å². The Bertz CT molecular complexity index is 502. The van der Waals surface area contributed by atoms with E-state index in [4.69, 9.17) is 9.15 Å². The van der Waals surface area contributed by atoms with E-state index in [0.717, 1.165) is 6.54 Å². The molecule has 0 N–H and O–H groups in total. The van der Waals surface area contributed by atoms with Gasteiger partial charge in [0.1, 0.15) is 6.33 Å². The molecule has 0 saturated carbocycles. The summed E-state index contributed by atoms with van der Waals surface area (Å²) in [7, 11) is 0. The summed E-state index contributed by atoms with van der Waals surface area (Å²) in [6, 6.07) is 3.19. The van der Waals surface area contributed by atoms with Gasteiger partial charge in [0.15, 0.2) is 12.4 Å². The van der Waals surface area contributed by atoms with E-state index in [9.17, 15) is 4.79 Å². The Morgan fingerprint density at radius 2 is 2.39 bits per heavy atom. The lowest BCUT2D eigenvalue weighted by atomic mass is 10.2. The van der Waals surface area contributed by atoms with Crippen molar-refractivity contribution in [1.82, 2.24) is 14.8 Å². The molecule has 0 aliphatic carbocycles. The van der Waals surface area contributed by atoms with Crippen molar-refractivity contribution in [1.29, 1.82) is 0 Å². The Morgan fingerprint density at radius 1 is 1.56 bits per heavy atom. The molecule has 0 bridgehead atoms. The highest BCUT2D eigenvalue weighted by atomic mass is 16.5. The number of ether oxygens (including phenoxy) is 1. The lowest BCUT2D eigenvalue weighted by molar-refractivity contribution is 0.0419. The van der Waals surface area contributed by atoms with Crippen LogP contribution >= 0.6 is 0 Å². The number of rotatable bonds is 5. The highest BCUT2D eigenvalue weighted by Gasteiger charge is 2.13. The lowest BCUT2D eigenvalue weighted by Gasteiger charge is -2.08. The van der Waals surface area contributed by atoms with Crippen LogP contribution in [-0.4, -0.2) is 20.7 Å². The predicted octanol–water partition coefficient (Wildman–Crippen LogP) is 1.88. The van der Waals surface area contributed by atoms with Crippen LogP contribution in [0.5, 0.6) is 0 Å². The zero-order chi connectivity index (χ0) is 13.0. The van der Waals surface area contributed by atoms with Crippen molar-refractivity contribution in [3.63, 3.8) is 0 Å². The molecule has 96 valence electrons. The van der Waals surface area contributed by atoms with Gasteiger partial charge >= 0.3 is 5.97 Å². The van der Waals surface area contributed by atoms with E-state index in [1.807, 2.05) is 0 Å². The topological polar surface area (TPSA) is 70.2 Å². The first-order chi connectivity index (χ1) is 8.66. The van der Waals surface area contributed by atoms with Crippen molar-refractivity contribution in [2.75, 3.05) is 0 Å².